The summed E-state index contributed by atoms with van der Waals surface area (Å²) in [6, 6.07) is 14.2. The van der Waals surface area contributed by atoms with Gasteiger partial charge in [0.05, 0.1) is 16.6 Å². The Morgan fingerprint density at radius 2 is 1.88 bits per heavy atom. The van der Waals surface area contributed by atoms with Crippen LogP contribution in [0.4, 0.5) is 0 Å². The van der Waals surface area contributed by atoms with E-state index in [0.29, 0.717) is 16.1 Å². The molecule has 1 aromatic heterocycles. The van der Waals surface area contributed by atoms with Crippen molar-refractivity contribution in [2.24, 2.45) is 0 Å². The number of hydrogen-bond donors (Lipinski definition) is 0. The second-order valence-electron chi connectivity index (χ2n) is 4.80. The second kappa shape index (κ2) is 7.86. The van der Waals surface area contributed by atoms with E-state index in [2.05, 4.69) is 26.1 Å². The van der Waals surface area contributed by atoms with Crippen LogP contribution >= 0.6 is 39.3 Å². The van der Waals surface area contributed by atoms with Gasteiger partial charge < -0.3 is 14.3 Å². The number of thioether (sulfide) groups is 1. The number of carboxylic acids is 1. The molecule has 3 rings (SSSR count). The smallest absolute Gasteiger partial charge is 0.281 e. The minimum atomic E-state index is -1.33. The molecule has 0 amide bonds. The summed E-state index contributed by atoms with van der Waals surface area (Å²) in [6.07, 6.45) is 1.48. The van der Waals surface area contributed by atoms with Gasteiger partial charge in [-0.3, -0.25) is 0 Å². The Morgan fingerprint density at radius 1 is 1.16 bits per heavy atom. The van der Waals surface area contributed by atoms with Crippen LogP contribution in [-0.2, 0) is 4.79 Å². The van der Waals surface area contributed by atoms with Crippen molar-refractivity contribution in [1.29, 1.82) is 0 Å². The van der Waals surface area contributed by atoms with Gasteiger partial charge in [-0.25, -0.2) is 0 Å². The summed E-state index contributed by atoms with van der Waals surface area (Å²) >= 11 is 10.2. The van der Waals surface area contributed by atoms with Crippen molar-refractivity contribution in [2.45, 2.75) is 5.22 Å². The number of rotatable bonds is 5. The normalized spacial score (nSPS) is 11.5. The Labute approximate surface area is 160 Å². The molecule has 0 saturated carbocycles. The van der Waals surface area contributed by atoms with E-state index in [0.717, 1.165) is 16.2 Å². The van der Waals surface area contributed by atoms with Crippen LogP contribution < -0.4 is 5.11 Å². The molecule has 0 saturated heterocycles. The highest BCUT2D eigenvalue weighted by Gasteiger charge is 2.14. The number of aromatic nitrogens is 2. The molecule has 126 valence electrons. The van der Waals surface area contributed by atoms with Crippen LogP contribution in [0.1, 0.15) is 5.56 Å². The van der Waals surface area contributed by atoms with Gasteiger partial charge in [-0.1, -0.05) is 51.8 Å². The van der Waals surface area contributed by atoms with E-state index in [1.165, 1.54) is 6.08 Å². The quantitative estimate of drug-likeness (QED) is 0.444. The maximum absolute atomic E-state index is 11.4. The SMILES string of the molecule is O=C([O-])/C(=C\c1ccc(Br)cc1)Sc1nnc(-c2ccccc2Cl)o1. The zero-order valence-electron chi connectivity index (χ0n) is 12.5. The van der Waals surface area contributed by atoms with Crippen molar-refractivity contribution in [3.8, 4) is 11.5 Å². The first kappa shape index (κ1) is 17.7. The van der Waals surface area contributed by atoms with E-state index in [-0.39, 0.29) is 16.0 Å². The zero-order chi connectivity index (χ0) is 17.8. The lowest BCUT2D eigenvalue weighted by Crippen LogP contribution is -2.23. The first-order valence-corrected chi connectivity index (χ1v) is 8.96. The van der Waals surface area contributed by atoms with Crippen LogP contribution in [0, 0.1) is 0 Å². The van der Waals surface area contributed by atoms with E-state index in [1.807, 2.05) is 12.1 Å². The van der Waals surface area contributed by atoms with Gasteiger partial charge in [0.15, 0.2) is 0 Å². The predicted molar refractivity (Wildman–Crippen MR) is 97.7 cm³/mol. The average molecular weight is 437 g/mol. The lowest BCUT2D eigenvalue weighted by atomic mass is 10.2. The monoisotopic (exact) mass is 435 g/mol. The van der Waals surface area contributed by atoms with Crippen molar-refractivity contribution >= 4 is 51.3 Å². The Kier molecular flexibility index (Phi) is 5.57. The summed E-state index contributed by atoms with van der Waals surface area (Å²) in [5.41, 5.74) is 1.29. The van der Waals surface area contributed by atoms with Gasteiger partial charge in [-0.05, 0) is 47.7 Å². The standard InChI is InChI=1S/C17H10BrClN2O3S/c18-11-7-5-10(6-8-11)9-14(16(22)23)25-17-21-20-15(24-17)12-3-1-2-4-13(12)19/h1-9H,(H,22,23)/p-1/b14-9+. The van der Waals surface area contributed by atoms with E-state index < -0.39 is 5.97 Å². The molecule has 0 spiro atoms. The molecular weight excluding hydrogens is 428 g/mol. The van der Waals surface area contributed by atoms with Gasteiger partial charge in [-0.2, -0.15) is 0 Å². The summed E-state index contributed by atoms with van der Waals surface area (Å²) in [7, 11) is 0. The maximum atomic E-state index is 11.4. The highest BCUT2D eigenvalue weighted by molar-refractivity contribution is 9.10. The summed E-state index contributed by atoms with van der Waals surface area (Å²) in [6.45, 7) is 0. The molecule has 0 aliphatic rings. The molecule has 0 N–H and O–H groups in total. The van der Waals surface area contributed by atoms with Crippen LogP contribution in [0.2, 0.25) is 5.02 Å². The van der Waals surface area contributed by atoms with Gasteiger partial charge in [0.2, 0.25) is 5.89 Å². The van der Waals surface area contributed by atoms with Crippen molar-refractivity contribution in [1.82, 2.24) is 10.2 Å². The fourth-order valence-electron chi connectivity index (χ4n) is 1.93. The largest absolute Gasteiger partial charge is 0.544 e. The number of benzene rings is 2. The molecule has 0 aliphatic carbocycles. The van der Waals surface area contributed by atoms with Gasteiger partial charge >= 0.3 is 0 Å². The summed E-state index contributed by atoms with van der Waals surface area (Å²) in [5, 5.41) is 19.7. The average Bonchev–Trinajstić information content (AvgIpc) is 3.05. The molecule has 25 heavy (non-hydrogen) atoms. The predicted octanol–water partition coefficient (Wildman–Crippen LogP) is 4.04. The number of nitrogens with zero attached hydrogens (tertiary/aromatic N) is 2. The number of carbonyl (C=O) groups is 1. The molecule has 8 heteroatoms. The third-order valence-corrected chi connectivity index (χ3v) is 4.78. The molecule has 1 heterocycles. The van der Waals surface area contributed by atoms with Crippen LogP contribution in [0.3, 0.4) is 0 Å². The van der Waals surface area contributed by atoms with Gasteiger partial charge in [0, 0.05) is 9.38 Å². The number of carboxylic acid groups (broad SMARTS) is 1. The number of halogens is 2. The van der Waals surface area contributed by atoms with Crippen LogP contribution in [-0.4, -0.2) is 16.2 Å². The molecule has 0 atom stereocenters. The van der Waals surface area contributed by atoms with Crippen molar-refractivity contribution in [2.75, 3.05) is 0 Å². The number of aliphatic carboxylic acids is 1. The molecular formula is C17H9BrClN2O3S-. The summed E-state index contributed by atoms with van der Waals surface area (Å²) in [4.78, 5) is 11.3. The Morgan fingerprint density at radius 3 is 2.56 bits per heavy atom. The van der Waals surface area contributed by atoms with E-state index in [1.54, 1.807) is 36.4 Å². The van der Waals surface area contributed by atoms with E-state index in [9.17, 15) is 9.90 Å². The van der Waals surface area contributed by atoms with E-state index in [4.69, 9.17) is 16.0 Å². The maximum Gasteiger partial charge on any atom is 0.281 e. The topological polar surface area (TPSA) is 79.0 Å². The lowest BCUT2D eigenvalue weighted by molar-refractivity contribution is -0.298. The van der Waals surface area contributed by atoms with Crippen LogP contribution in [0.25, 0.3) is 17.5 Å². The molecule has 5 nitrogen and oxygen atoms in total. The minimum Gasteiger partial charge on any atom is -0.544 e. The fourth-order valence-corrected chi connectivity index (χ4v) is 3.08. The molecule has 0 radical (unpaired) electrons. The summed E-state index contributed by atoms with van der Waals surface area (Å²) < 4.78 is 6.40. The van der Waals surface area contributed by atoms with Crippen LogP contribution in [0.5, 0.6) is 0 Å². The zero-order valence-corrected chi connectivity index (χ0v) is 15.6. The highest BCUT2D eigenvalue weighted by Crippen LogP contribution is 2.32. The van der Waals surface area contributed by atoms with Gasteiger partial charge in [0.1, 0.15) is 0 Å². The van der Waals surface area contributed by atoms with Crippen LogP contribution in [0.15, 0.2) is 67.5 Å². The lowest BCUT2D eigenvalue weighted by Gasteiger charge is -2.05. The fraction of sp³-hybridized carbons (Fsp3) is 0. The molecule has 0 fully saturated rings. The Bertz CT molecular complexity index is 941. The Balaban J connectivity index is 1.85. The van der Waals surface area contributed by atoms with E-state index >= 15 is 0 Å². The van der Waals surface area contributed by atoms with Gasteiger partial charge in [0.25, 0.3) is 5.22 Å². The molecule has 3 aromatic rings. The van der Waals surface area contributed by atoms with Crippen molar-refractivity contribution in [3.05, 3.63) is 68.5 Å². The molecule has 0 aliphatic heterocycles. The molecule has 0 bridgehead atoms. The number of carbonyl (C=O) groups excluding carboxylic acids is 1. The third kappa shape index (κ3) is 4.50. The first-order chi connectivity index (χ1) is 12.0. The highest BCUT2D eigenvalue weighted by atomic mass is 79.9. The summed E-state index contributed by atoms with van der Waals surface area (Å²) in [5.74, 6) is -1.11. The van der Waals surface area contributed by atoms with Gasteiger partial charge in [-0.15, -0.1) is 10.2 Å². The van der Waals surface area contributed by atoms with Crippen molar-refractivity contribution in [3.63, 3.8) is 0 Å². The Hall–Kier alpha value is -2.09. The number of hydrogen-bond acceptors (Lipinski definition) is 6. The molecule has 0 unspecified atom stereocenters. The first-order valence-electron chi connectivity index (χ1n) is 6.98. The van der Waals surface area contributed by atoms with Crippen molar-refractivity contribution < 1.29 is 14.3 Å². The minimum absolute atomic E-state index is 0.0447. The molecule has 2 aromatic carbocycles. The second-order valence-corrected chi connectivity index (χ2v) is 7.12. The third-order valence-electron chi connectivity index (χ3n) is 3.08.